The highest BCUT2D eigenvalue weighted by Crippen LogP contribution is 2.28. The molecule has 0 unspecified atom stereocenters. The second-order valence-electron chi connectivity index (χ2n) is 3.87. The highest BCUT2D eigenvalue weighted by molar-refractivity contribution is 6.30. The Morgan fingerprint density at radius 1 is 1.41 bits per heavy atom. The molecule has 1 heterocycles. The Morgan fingerprint density at radius 3 is 2.94 bits per heavy atom. The van der Waals surface area contributed by atoms with Gasteiger partial charge >= 0.3 is 0 Å². The number of hydrogen-bond acceptors (Lipinski definition) is 3. The molecule has 0 saturated heterocycles. The summed E-state index contributed by atoms with van der Waals surface area (Å²) in [4.78, 5) is 4.23. The maximum atomic E-state index is 5.94. The Hall–Kier alpha value is -1.32. The minimum absolute atomic E-state index is 0.713. The third kappa shape index (κ3) is 2.68. The molecule has 3 nitrogen and oxygen atoms in total. The van der Waals surface area contributed by atoms with Crippen molar-refractivity contribution in [2.24, 2.45) is 0 Å². The van der Waals surface area contributed by atoms with Crippen LogP contribution in [0, 0.1) is 6.92 Å². The van der Waals surface area contributed by atoms with Crippen LogP contribution in [-0.4, -0.2) is 11.5 Å². The fourth-order valence-electron chi connectivity index (χ4n) is 1.74. The summed E-state index contributed by atoms with van der Waals surface area (Å²) in [5, 5.41) is 3.98. The van der Waals surface area contributed by atoms with Crippen molar-refractivity contribution < 1.29 is 4.42 Å². The molecule has 1 N–H and O–H groups in total. The quantitative estimate of drug-likeness (QED) is 0.904. The van der Waals surface area contributed by atoms with Crippen LogP contribution in [0.25, 0.3) is 11.3 Å². The molecule has 1 aromatic carbocycles. The average molecular weight is 251 g/mol. The zero-order valence-corrected chi connectivity index (χ0v) is 10.7. The van der Waals surface area contributed by atoms with E-state index in [1.165, 1.54) is 6.39 Å². The van der Waals surface area contributed by atoms with Crippen molar-refractivity contribution in [2.75, 3.05) is 6.54 Å². The third-order valence-corrected chi connectivity index (χ3v) is 2.85. The SMILES string of the molecule is CCNCc1ncoc1-c1ccc(Cl)cc1C. The van der Waals surface area contributed by atoms with E-state index in [4.69, 9.17) is 16.0 Å². The smallest absolute Gasteiger partial charge is 0.181 e. The van der Waals surface area contributed by atoms with Crippen LogP contribution >= 0.6 is 11.6 Å². The summed E-state index contributed by atoms with van der Waals surface area (Å²) >= 11 is 5.94. The van der Waals surface area contributed by atoms with Crippen molar-refractivity contribution in [1.82, 2.24) is 10.3 Å². The van der Waals surface area contributed by atoms with Crippen molar-refractivity contribution in [3.63, 3.8) is 0 Å². The zero-order valence-electron chi connectivity index (χ0n) is 9.96. The molecule has 0 spiro atoms. The first-order chi connectivity index (χ1) is 8.22. The Bertz CT molecular complexity index is 508. The second kappa shape index (κ2) is 5.34. The van der Waals surface area contributed by atoms with Crippen LogP contribution in [0.5, 0.6) is 0 Å². The molecule has 0 atom stereocenters. The van der Waals surface area contributed by atoms with E-state index in [1.807, 2.05) is 25.1 Å². The van der Waals surface area contributed by atoms with Gasteiger partial charge in [-0.15, -0.1) is 0 Å². The van der Waals surface area contributed by atoms with E-state index < -0.39 is 0 Å². The highest BCUT2D eigenvalue weighted by atomic mass is 35.5. The van der Waals surface area contributed by atoms with Gasteiger partial charge in [0.2, 0.25) is 0 Å². The van der Waals surface area contributed by atoms with Gasteiger partial charge in [0.25, 0.3) is 0 Å². The highest BCUT2D eigenvalue weighted by Gasteiger charge is 2.12. The maximum absolute atomic E-state index is 5.94. The van der Waals surface area contributed by atoms with E-state index in [0.29, 0.717) is 6.54 Å². The van der Waals surface area contributed by atoms with Gasteiger partial charge in [0.15, 0.2) is 12.2 Å². The third-order valence-electron chi connectivity index (χ3n) is 2.62. The van der Waals surface area contributed by atoms with Gasteiger partial charge in [0.05, 0.1) is 0 Å². The van der Waals surface area contributed by atoms with Crippen molar-refractivity contribution in [1.29, 1.82) is 0 Å². The minimum Gasteiger partial charge on any atom is -0.443 e. The molecular formula is C13H15ClN2O. The minimum atomic E-state index is 0.713. The van der Waals surface area contributed by atoms with E-state index in [9.17, 15) is 0 Å². The van der Waals surface area contributed by atoms with Gasteiger partial charge in [-0.05, 0) is 37.2 Å². The van der Waals surface area contributed by atoms with Gasteiger partial charge < -0.3 is 9.73 Å². The number of halogens is 1. The number of aryl methyl sites for hydroxylation is 1. The topological polar surface area (TPSA) is 38.1 Å². The number of nitrogens with one attached hydrogen (secondary N) is 1. The van der Waals surface area contributed by atoms with Gasteiger partial charge in [0.1, 0.15) is 5.69 Å². The molecule has 0 bridgehead atoms. The number of hydrogen-bond donors (Lipinski definition) is 1. The van der Waals surface area contributed by atoms with Crippen LogP contribution in [0.3, 0.4) is 0 Å². The molecule has 90 valence electrons. The lowest BCUT2D eigenvalue weighted by molar-refractivity contribution is 0.569. The molecule has 0 amide bonds. The summed E-state index contributed by atoms with van der Waals surface area (Å²) in [6.07, 6.45) is 1.48. The first kappa shape index (κ1) is 12.1. The lowest BCUT2D eigenvalue weighted by Crippen LogP contribution is -2.12. The van der Waals surface area contributed by atoms with Crippen molar-refractivity contribution >= 4 is 11.6 Å². The Morgan fingerprint density at radius 2 is 2.24 bits per heavy atom. The molecule has 0 aliphatic heterocycles. The molecule has 0 aliphatic rings. The zero-order chi connectivity index (χ0) is 12.3. The van der Waals surface area contributed by atoms with E-state index in [2.05, 4.69) is 17.2 Å². The van der Waals surface area contributed by atoms with Crippen LogP contribution in [0.2, 0.25) is 5.02 Å². The summed E-state index contributed by atoms with van der Waals surface area (Å²) in [5.74, 6) is 0.820. The molecule has 0 aliphatic carbocycles. The van der Waals surface area contributed by atoms with E-state index in [-0.39, 0.29) is 0 Å². The molecule has 17 heavy (non-hydrogen) atoms. The van der Waals surface area contributed by atoms with Gasteiger partial charge in [0, 0.05) is 17.1 Å². The first-order valence-corrected chi connectivity index (χ1v) is 5.99. The Balaban J connectivity index is 2.35. The summed E-state index contributed by atoms with van der Waals surface area (Å²) < 4.78 is 5.47. The number of oxazole rings is 1. The molecule has 4 heteroatoms. The summed E-state index contributed by atoms with van der Waals surface area (Å²) in [6.45, 7) is 5.70. The van der Waals surface area contributed by atoms with Crippen LogP contribution < -0.4 is 5.32 Å². The standard InChI is InChI=1S/C13H15ClN2O/c1-3-15-7-12-13(17-8-16-12)11-5-4-10(14)6-9(11)2/h4-6,8,15H,3,7H2,1-2H3. The summed E-state index contributed by atoms with van der Waals surface area (Å²) in [6, 6.07) is 5.76. The van der Waals surface area contributed by atoms with Crippen molar-refractivity contribution in [3.8, 4) is 11.3 Å². The van der Waals surface area contributed by atoms with E-state index >= 15 is 0 Å². The molecule has 0 fully saturated rings. The molecular weight excluding hydrogens is 236 g/mol. The average Bonchev–Trinajstić information content (AvgIpc) is 2.74. The van der Waals surface area contributed by atoms with Gasteiger partial charge in [-0.1, -0.05) is 18.5 Å². The largest absolute Gasteiger partial charge is 0.443 e. The lowest BCUT2D eigenvalue weighted by Gasteiger charge is -2.05. The van der Waals surface area contributed by atoms with Crippen LogP contribution in [0.1, 0.15) is 18.2 Å². The van der Waals surface area contributed by atoms with Crippen molar-refractivity contribution in [3.05, 3.63) is 40.9 Å². The number of rotatable bonds is 4. The lowest BCUT2D eigenvalue weighted by atomic mass is 10.1. The number of benzene rings is 1. The monoisotopic (exact) mass is 250 g/mol. The summed E-state index contributed by atoms with van der Waals surface area (Å²) in [5.41, 5.74) is 3.06. The molecule has 2 aromatic rings. The Kier molecular flexibility index (Phi) is 3.82. The predicted octanol–water partition coefficient (Wildman–Crippen LogP) is 3.41. The van der Waals surface area contributed by atoms with Gasteiger partial charge in [-0.3, -0.25) is 0 Å². The van der Waals surface area contributed by atoms with Gasteiger partial charge in [-0.25, -0.2) is 4.98 Å². The fourth-order valence-corrected chi connectivity index (χ4v) is 1.97. The predicted molar refractivity (Wildman–Crippen MR) is 69.1 cm³/mol. The van der Waals surface area contributed by atoms with Gasteiger partial charge in [-0.2, -0.15) is 0 Å². The second-order valence-corrected chi connectivity index (χ2v) is 4.30. The van der Waals surface area contributed by atoms with E-state index in [0.717, 1.165) is 34.1 Å². The molecule has 0 radical (unpaired) electrons. The van der Waals surface area contributed by atoms with Crippen LogP contribution in [0.15, 0.2) is 29.0 Å². The number of aromatic nitrogens is 1. The first-order valence-electron chi connectivity index (χ1n) is 5.62. The van der Waals surface area contributed by atoms with E-state index in [1.54, 1.807) is 0 Å². The molecule has 1 aromatic heterocycles. The molecule has 2 rings (SSSR count). The van der Waals surface area contributed by atoms with Crippen molar-refractivity contribution in [2.45, 2.75) is 20.4 Å². The fraction of sp³-hybridized carbons (Fsp3) is 0.308. The van der Waals surface area contributed by atoms with Crippen LogP contribution in [-0.2, 0) is 6.54 Å². The van der Waals surface area contributed by atoms with Crippen LogP contribution in [0.4, 0.5) is 0 Å². The number of nitrogens with zero attached hydrogens (tertiary/aromatic N) is 1. The molecule has 0 saturated carbocycles. The summed E-state index contributed by atoms with van der Waals surface area (Å²) in [7, 11) is 0. The Labute approximate surface area is 106 Å². The maximum Gasteiger partial charge on any atom is 0.181 e. The normalized spacial score (nSPS) is 10.8.